The number of likely N-dealkylation sites (tertiary alicyclic amines) is 1. The van der Waals surface area contributed by atoms with Crippen LogP contribution in [0.3, 0.4) is 0 Å². The molecule has 2 aliphatic heterocycles. The van der Waals surface area contributed by atoms with Gasteiger partial charge in [-0.15, -0.1) is 0 Å². The number of hydrogen-bond acceptors (Lipinski definition) is 4. The van der Waals surface area contributed by atoms with Gasteiger partial charge >= 0.3 is 0 Å². The van der Waals surface area contributed by atoms with E-state index < -0.39 is 0 Å². The molecule has 0 bridgehead atoms. The van der Waals surface area contributed by atoms with Crippen molar-refractivity contribution in [2.24, 2.45) is 11.8 Å². The van der Waals surface area contributed by atoms with E-state index in [9.17, 15) is 9.59 Å². The van der Waals surface area contributed by atoms with Gasteiger partial charge in [0, 0.05) is 19.0 Å². The average molecular weight is 389 g/mol. The molecule has 0 aromatic heterocycles. The third-order valence-corrected chi connectivity index (χ3v) is 5.80. The first-order valence-electron chi connectivity index (χ1n) is 10.4. The van der Waals surface area contributed by atoms with Gasteiger partial charge < -0.3 is 19.7 Å². The molecule has 0 aliphatic carbocycles. The first-order valence-corrected chi connectivity index (χ1v) is 10.4. The van der Waals surface area contributed by atoms with Crippen molar-refractivity contribution in [1.29, 1.82) is 0 Å². The van der Waals surface area contributed by atoms with Crippen molar-refractivity contribution < 1.29 is 19.1 Å². The molecular weight excluding hydrogens is 356 g/mol. The SMILES string of the molecule is CCC(CC)N1CC(C(=O)NC(c2ccc3c(c2)OCCO3)C(C)C)CC1=O. The molecule has 1 fully saturated rings. The summed E-state index contributed by atoms with van der Waals surface area (Å²) in [7, 11) is 0. The third-order valence-electron chi connectivity index (χ3n) is 5.80. The predicted octanol–water partition coefficient (Wildman–Crippen LogP) is 3.31. The van der Waals surface area contributed by atoms with E-state index in [0.717, 1.165) is 29.9 Å². The van der Waals surface area contributed by atoms with E-state index in [0.29, 0.717) is 26.2 Å². The lowest BCUT2D eigenvalue weighted by molar-refractivity contribution is -0.130. The molecule has 2 amide bonds. The number of hydrogen-bond donors (Lipinski definition) is 1. The summed E-state index contributed by atoms with van der Waals surface area (Å²) in [5.41, 5.74) is 0.994. The second kappa shape index (κ2) is 8.84. The molecule has 2 unspecified atom stereocenters. The maximum Gasteiger partial charge on any atom is 0.225 e. The Balaban J connectivity index is 1.71. The van der Waals surface area contributed by atoms with E-state index >= 15 is 0 Å². The minimum Gasteiger partial charge on any atom is -0.486 e. The lowest BCUT2D eigenvalue weighted by Crippen LogP contribution is -2.39. The summed E-state index contributed by atoms with van der Waals surface area (Å²) in [5.74, 6) is 1.43. The van der Waals surface area contributed by atoms with Gasteiger partial charge in [-0.3, -0.25) is 9.59 Å². The molecule has 154 valence electrons. The monoisotopic (exact) mass is 388 g/mol. The zero-order chi connectivity index (χ0) is 20.3. The molecule has 1 aromatic carbocycles. The third kappa shape index (κ3) is 4.26. The fourth-order valence-electron chi connectivity index (χ4n) is 4.15. The lowest BCUT2D eigenvalue weighted by atomic mass is 9.94. The van der Waals surface area contributed by atoms with Gasteiger partial charge in [0.05, 0.1) is 12.0 Å². The van der Waals surface area contributed by atoms with Gasteiger partial charge in [0.15, 0.2) is 11.5 Å². The Morgan fingerprint density at radius 1 is 1.18 bits per heavy atom. The zero-order valence-corrected chi connectivity index (χ0v) is 17.4. The Morgan fingerprint density at radius 2 is 1.86 bits per heavy atom. The minimum atomic E-state index is -0.286. The highest BCUT2D eigenvalue weighted by Crippen LogP contribution is 2.35. The number of nitrogens with one attached hydrogen (secondary N) is 1. The molecule has 2 atom stereocenters. The number of benzene rings is 1. The van der Waals surface area contributed by atoms with Crippen molar-refractivity contribution in [2.75, 3.05) is 19.8 Å². The largest absolute Gasteiger partial charge is 0.486 e. The Morgan fingerprint density at radius 3 is 2.50 bits per heavy atom. The van der Waals surface area contributed by atoms with Crippen molar-refractivity contribution in [3.63, 3.8) is 0 Å². The first-order chi connectivity index (χ1) is 13.4. The molecule has 0 saturated carbocycles. The number of amides is 2. The molecule has 0 spiro atoms. The van der Waals surface area contributed by atoms with Crippen LogP contribution in [0.15, 0.2) is 18.2 Å². The fraction of sp³-hybridized carbons (Fsp3) is 0.636. The maximum atomic E-state index is 13.0. The quantitative estimate of drug-likeness (QED) is 0.778. The van der Waals surface area contributed by atoms with Crippen molar-refractivity contribution >= 4 is 11.8 Å². The van der Waals surface area contributed by atoms with Gasteiger partial charge in [0.2, 0.25) is 11.8 Å². The van der Waals surface area contributed by atoms with Crippen LogP contribution in [0, 0.1) is 11.8 Å². The highest BCUT2D eigenvalue weighted by molar-refractivity contribution is 5.89. The summed E-state index contributed by atoms with van der Waals surface area (Å²) in [6, 6.07) is 5.92. The second-order valence-corrected chi connectivity index (χ2v) is 8.05. The Kier molecular flexibility index (Phi) is 6.47. The summed E-state index contributed by atoms with van der Waals surface area (Å²) >= 11 is 0. The van der Waals surface area contributed by atoms with E-state index in [4.69, 9.17) is 9.47 Å². The lowest BCUT2D eigenvalue weighted by Gasteiger charge is -2.28. The average Bonchev–Trinajstić information content (AvgIpc) is 3.08. The van der Waals surface area contributed by atoms with Gasteiger partial charge in [-0.25, -0.2) is 0 Å². The number of fused-ring (bicyclic) bond motifs is 1. The van der Waals surface area contributed by atoms with Crippen molar-refractivity contribution in [3.8, 4) is 11.5 Å². The van der Waals surface area contributed by atoms with Crippen LogP contribution in [0.1, 0.15) is 58.6 Å². The number of carbonyl (C=O) groups excluding carboxylic acids is 2. The molecule has 1 N–H and O–H groups in total. The van der Waals surface area contributed by atoms with E-state index in [1.165, 1.54) is 0 Å². The van der Waals surface area contributed by atoms with Gasteiger partial charge in [0.25, 0.3) is 0 Å². The molecule has 1 saturated heterocycles. The smallest absolute Gasteiger partial charge is 0.225 e. The Bertz CT molecular complexity index is 714. The molecule has 1 aromatic rings. The van der Waals surface area contributed by atoms with Crippen molar-refractivity contribution in [3.05, 3.63) is 23.8 Å². The standard InChI is InChI=1S/C22H32N2O4/c1-5-17(6-2)24-13-16(12-20(24)25)22(26)23-21(14(3)4)15-7-8-18-19(11-15)28-10-9-27-18/h7-8,11,14,16-17,21H,5-6,9-10,12-13H2,1-4H3,(H,23,26). The number of carbonyl (C=O) groups is 2. The fourth-order valence-corrected chi connectivity index (χ4v) is 4.15. The predicted molar refractivity (Wildman–Crippen MR) is 107 cm³/mol. The number of ether oxygens (including phenoxy) is 2. The summed E-state index contributed by atoms with van der Waals surface area (Å²) in [6.07, 6.45) is 2.14. The van der Waals surface area contributed by atoms with Gasteiger partial charge in [-0.1, -0.05) is 33.8 Å². The molecule has 6 nitrogen and oxygen atoms in total. The van der Waals surface area contributed by atoms with Crippen LogP contribution in [0.4, 0.5) is 0 Å². The van der Waals surface area contributed by atoms with Crippen LogP contribution in [0.5, 0.6) is 11.5 Å². The molecule has 6 heteroatoms. The topological polar surface area (TPSA) is 67.9 Å². The minimum absolute atomic E-state index is 0.0459. The summed E-state index contributed by atoms with van der Waals surface area (Å²) in [6.45, 7) is 9.95. The normalized spacial score (nSPS) is 20.0. The number of nitrogens with zero attached hydrogens (tertiary/aromatic N) is 1. The highest BCUT2D eigenvalue weighted by Gasteiger charge is 2.37. The molecule has 28 heavy (non-hydrogen) atoms. The summed E-state index contributed by atoms with van der Waals surface area (Å²) < 4.78 is 11.3. The molecule has 2 heterocycles. The van der Waals surface area contributed by atoms with Gasteiger partial charge in [-0.05, 0) is 36.5 Å². The van der Waals surface area contributed by atoms with Gasteiger partial charge in [0.1, 0.15) is 13.2 Å². The first kappa shape index (κ1) is 20.5. The molecule has 0 radical (unpaired) electrons. The Hall–Kier alpha value is -2.24. The van der Waals surface area contributed by atoms with Crippen LogP contribution in [-0.2, 0) is 9.59 Å². The maximum absolute atomic E-state index is 13.0. The van der Waals surface area contributed by atoms with Crippen LogP contribution in [0.25, 0.3) is 0 Å². The van der Waals surface area contributed by atoms with Crippen LogP contribution >= 0.6 is 0 Å². The molecule has 2 aliphatic rings. The molecule has 3 rings (SSSR count). The van der Waals surface area contributed by atoms with E-state index in [-0.39, 0.29) is 35.7 Å². The van der Waals surface area contributed by atoms with Crippen molar-refractivity contribution in [1.82, 2.24) is 10.2 Å². The van der Waals surface area contributed by atoms with Crippen LogP contribution in [-0.4, -0.2) is 42.5 Å². The van der Waals surface area contributed by atoms with Crippen molar-refractivity contribution in [2.45, 2.75) is 59.0 Å². The van der Waals surface area contributed by atoms with Gasteiger partial charge in [-0.2, -0.15) is 0 Å². The van der Waals surface area contributed by atoms with Crippen LogP contribution in [0.2, 0.25) is 0 Å². The van der Waals surface area contributed by atoms with Crippen LogP contribution < -0.4 is 14.8 Å². The number of rotatable bonds is 7. The van der Waals surface area contributed by atoms with E-state index in [1.54, 1.807) is 0 Å². The Labute approximate surface area is 167 Å². The molecular formula is C22H32N2O4. The zero-order valence-electron chi connectivity index (χ0n) is 17.4. The second-order valence-electron chi connectivity index (χ2n) is 8.05. The highest BCUT2D eigenvalue weighted by atomic mass is 16.6. The summed E-state index contributed by atoms with van der Waals surface area (Å²) in [5, 5.41) is 3.18. The summed E-state index contributed by atoms with van der Waals surface area (Å²) in [4.78, 5) is 27.3. The van der Waals surface area contributed by atoms with E-state index in [1.807, 2.05) is 23.1 Å². The van der Waals surface area contributed by atoms with E-state index in [2.05, 4.69) is 33.0 Å².